The molecule has 2 amide bonds. The summed E-state index contributed by atoms with van der Waals surface area (Å²) < 4.78 is 11.1. The van der Waals surface area contributed by atoms with Crippen LogP contribution in [0.1, 0.15) is 49.3 Å². The molecule has 0 unspecified atom stereocenters. The normalized spacial score (nSPS) is 14.6. The molecule has 172 valence electrons. The van der Waals surface area contributed by atoms with Crippen LogP contribution in [0.2, 0.25) is 0 Å². The van der Waals surface area contributed by atoms with Gasteiger partial charge in [0.1, 0.15) is 17.5 Å². The average Bonchev–Trinajstić information content (AvgIpc) is 3.29. The SMILES string of the molecule is COc1ccc(CN(C(=O)COc2ccc(C)cc2C)[C@@H](C)C(=O)NC2CCCC2)cc1. The molecule has 6 heteroatoms. The number of hydrogen-bond acceptors (Lipinski definition) is 4. The van der Waals surface area contributed by atoms with Crippen LogP contribution in [-0.2, 0) is 16.1 Å². The van der Waals surface area contributed by atoms with E-state index in [0.29, 0.717) is 12.3 Å². The molecule has 1 fully saturated rings. The lowest BCUT2D eigenvalue weighted by Crippen LogP contribution is -2.50. The fraction of sp³-hybridized carbons (Fsp3) is 0.462. The third kappa shape index (κ3) is 6.25. The van der Waals surface area contributed by atoms with E-state index in [-0.39, 0.29) is 24.5 Å². The zero-order chi connectivity index (χ0) is 23.1. The first-order valence-corrected chi connectivity index (χ1v) is 11.3. The van der Waals surface area contributed by atoms with Crippen molar-refractivity contribution in [3.05, 3.63) is 59.2 Å². The van der Waals surface area contributed by atoms with Gasteiger partial charge >= 0.3 is 0 Å². The highest BCUT2D eigenvalue weighted by atomic mass is 16.5. The molecule has 0 heterocycles. The minimum atomic E-state index is -0.604. The molecule has 0 aliphatic heterocycles. The lowest BCUT2D eigenvalue weighted by Gasteiger charge is -2.29. The van der Waals surface area contributed by atoms with Crippen molar-refractivity contribution in [3.63, 3.8) is 0 Å². The zero-order valence-corrected chi connectivity index (χ0v) is 19.5. The van der Waals surface area contributed by atoms with E-state index in [1.807, 2.05) is 56.3 Å². The third-order valence-corrected chi connectivity index (χ3v) is 6.06. The smallest absolute Gasteiger partial charge is 0.261 e. The van der Waals surface area contributed by atoms with Gasteiger partial charge in [0.25, 0.3) is 5.91 Å². The van der Waals surface area contributed by atoms with Gasteiger partial charge in [-0.15, -0.1) is 0 Å². The second-order valence-corrected chi connectivity index (χ2v) is 8.59. The number of rotatable bonds is 9. The van der Waals surface area contributed by atoms with Crippen molar-refractivity contribution >= 4 is 11.8 Å². The lowest BCUT2D eigenvalue weighted by atomic mass is 10.1. The van der Waals surface area contributed by atoms with Crippen LogP contribution >= 0.6 is 0 Å². The molecule has 1 aliphatic carbocycles. The van der Waals surface area contributed by atoms with Crippen LogP contribution in [0.5, 0.6) is 11.5 Å². The second-order valence-electron chi connectivity index (χ2n) is 8.59. The molecular formula is C26H34N2O4. The van der Waals surface area contributed by atoms with Crippen molar-refractivity contribution in [2.45, 2.75) is 65.1 Å². The average molecular weight is 439 g/mol. The number of nitrogens with zero attached hydrogens (tertiary/aromatic N) is 1. The monoisotopic (exact) mass is 438 g/mol. The van der Waals surface area contributed by atoms with Gasteiger partial charge in [-0.3, -0.25) is 9.59 Å². The van der Waals surface area contributed by atoms with Gasteiger partial charge in [0, 0.05) is 12.6 Å². The minimum Gasteiger partial charge on any atom is -0.497 e. The van der Waals surface area contributed by atoms with E-state index in [4.69, 9.17) is 9.47 Å². The molecule has 0 saturated heterocycles. The molecule has 1 aliphatic rings. The van der Waals surface area contributed by atoms with Crippen molar-refractivity contribution in [1.29, 1.82) is 0 Å². The Morgan fingerprint density at radius 2 is 1.78 bits per heavy atom. The van der Waals surface area contributed by atoms with Crippen molar-refractivity contribution in [2.24, 2.45) is 0 Å². The highest BCUT2D eigenvalue weighted by Gasteiger charge is 2.28. The van der Waals surface area contributed by atoms with E-state index in [1.54, 1.807) is 18.9 Å². The van der Waals surface area contributed by atoms with Crippen molar-refractivity contribution in [2.75, 3.05) is 13.7 Å². The van der Waals surface area contributed by atoms with E-state index >= 15 is 0 Å². The Bertz CT molecular complexity index is 920. The predicted octanol–water partition coefficient (Wildman–Crippen LogP) is 4.17. The molecule has 0 spiro atoms. The fourth-order valence-electron chi connectivity index (χ4n) is 4.09. The molecular weight excluding hydrogens is 404 g/mol. The Labute approximate surface area is 190 Å². The van der Waals surface area contributed by atoms with Crippen LogP contribution in [0, 0.1) is 13.8 Å². The molecule has 1 atom stereocenters. The predicted molar refractivity (Wildman–Crippen MR) is 125 cm³/mol. The summed E-state index contributed by atoms with van der Waals surface area (Å²) in [6.07, 6.45) is 4.27. The van der Waals surface area contributed by atoms with E-state index in [2.05, 4.69) is 5.32 Å². The summed E-state index contributed by atoms with van der Waals surface area (Å²) in [5.41, 5.74) is 3.04. The molecule has 0 bridgehead atoms. The fourth-order valence-corrected chi connectivity index (χ4v) is 4.09. The van der Waals surface area contributed by atoms with Gasteiger partial charge in [0.15, 0.2) is 6.61 Å². The lowest BCUT2D eigenvalue weighted by molar-refractivity contribution is -0.142. The topological polar surface area (TPSA) is 67.9 Å². The Kier molecular flexibility index (Phi) is 8.14. The van der Waals surface area contributed by atoms with Crippen LogP contribution in [0.25, 0.3) is 0 Å². The molecule has 2 aromatic rings. The van der Waals surface area contributed by atoms with Gasteiger partial charge in [0.05, 0.1) is 7.11 Å². The number of carbonyl (C=O) groups is 2. The Morgan fingerprint density at radius 3 is 2.41 bits per heavy atom. The van der Waals surface area contributed by atoms with E-state index in [1.165, 1.54) is 0 Å². The summed E-state index contributed by atoms with van der Waals surface area (Å²) in [5, 5.41) is 3.11. The van der Waals surface area contributed by atoms with Crippen molar-refractivity contribution < 1.29 is 19.1 Å². The van der Waals surface area contributed by atoms with E-state index in [0.717, 1.165) is 48.1 Å². The summed E-state index contributed by atoms with van der Waals surface area (Å²) in [4.78, 5) is 27.7. The van der Waals surface area contributed by atoms with Gasteiger partial charge in [-0.1, -0.05) is 42.7 Å². The first kappa shape index (κ1) is 23.6. The first-order chi connectivity index (χ1) is 15.4. The molecule has 6 nitrogen and oxygen atoms in total. The van der Waals surface area contributed by atoms with E-state index in [9.17, 15) is 9.59 Å². The zero-order valence-electron chi connectivity index (χ0n) is 19.5. The second kappa shape index (κ2) is 11.0. The molecule has 2 aromatic carbocycles. The third-order valence-electron chi connectivity index (χ3n) is 6.06. The number of nitrogens with one attached hydrogen (secondary N) is 1. The highest BCUT2D eigenvalue weighted by molar-refractivity contribution is 5.88. The quantitative estimate of drug-likeness (QED) is 0.638. The van der Waals surface area contributed by atoms with Gasteiger partial charge in [-0.2, -0.15) is 0 Å². The van der Waals surface area contributed by atoms with Gasteiger partial charge in [-0.05, 0) is 62.9 Å². The van der Waals surface area contributed by atoms with Crippen LogP contribution in [0.15, 0.2) is 42.5 Å². The van der Waals surface area contributed by atoms with Crippen molar-refractivity contribution in [3.8, 4) is 11.5 Å². The molecule has 3 rings (SSSR count). The van der Waals surface area contributed by atoms with E-state index < -0.39 is 6.04 Å². The molecule has 0 aromatic heterocycles. The van der Waals surface area contributed by atoms with Crippen LogP contribution in [0.4, 0.5) is 0 Å². The maximum absolute atomic E-state index is 13.2. The maximum Gasteiger partial charge on any atom is 0.261 e. The first-order valence-electron chi connectivity index (χ1n) is 11.3. The summed E-state index contributed by atoms with van der Waals surface area (Å²) in [5.74, 6) is 1.08. The molecule has 0 radical (unpaired) electrons. The molecule has 1 N–H and O–H groups in total. The van der Waals surface area contributed by atoms with Gasteiger partial charge < -0.3 is 19.7 Å². The number of carbonyl (C=O) groups excluding carboxylic acids is 2. The number of ether oxygens (including phenoxy) is 2. The summed E-state index contributed by atoms with van der Waals surface area (Å²) in [6.45, 7) is 5.95. The number of aryl methyl sites for hydroxylation is 2. The molecule has 1 saturated carbocycles. The van der Waals surface area contributed by atoms with Crippen LogP contribution in [0.3, 0.4) is 0 Å². The number of benzene rings is 2. The Hall–Kier alpha value is -3.02. The molecule has 32 heavy (non-hydrogen) atoms. The van der Waals surface area contributed by atoms with Crippen LogP contribution in [-0.4, -0.2) is 42.5 Å². The van der Waals surface area contributed by atoms with Crippen molar-refractivity contribution in [1.82, 2.24) is 10.2 Å². The summed E-state index contributed by atoms with van der Waals surface area (Å²) in [6, 6.07) is 13.0. The Balaban J connectivity index is 1.72. The van der Waals surface area contributed by atoms with Crippen LogP contribution < -0.4 is 14.8 Å². The number of methoxy groups -OCH3 is 1. The largest absolute Gasteiger partial charge is 0.497 e. The van der Waals surface area contributed by atoms with Gasteiger partial charge in [0.2, 0.25) is 5.91 Å². The minimum absolute atomic E-state index is 0.120. The van der Waals surface area contributed by atoms with Gasteiger partial charge in [-0.25, -0.2) is 0 Å². The standard InChI is InChI=1S/C26H34N2O4/c1-18-9-14-24(19(2)15-18)32-17-25(29)28(16-21-10-12-23(31-4)13-11-21)20(3)26(30)27-22-7-5-6-8-22/h9-15,20,22H,5-8,16-17H2,1-4H3,(H,27,30)/t20-/m0/s1. The Morgan fingerprint density at radius 1 is 1.09 bits per heavy atom. The highest BCUT2D eigenvalue weighted by Crippen LogP contribution is 2.21. The maximum atomic E-state index is 13.2. The number of hydrogen-bond donors (Lipinski definition) is 1. The summed E-state index contributed by atoms with van der Waals surface area (Å²) >= 11 is 0. The summed E-state index contributed by atoms with van der Waals surface area (Å²) in [7, 11) is 1.62. The number of amides is 2.